The Kier molecular flexibility index (Phi) is 5.36. The minimum Gasteiger partial charge on any atom is -0.347 e. The molecule has 0 saturated carbocycles. The van der Waals surface area contributed by atoms with Crippen molar-refractivity contribution < 1.29 is 9.18 Å². The SMILES string of the molecule is CN1CCC(N2CCCC(NC(=O)c3ccc4cccc(F)c4n3)C2)CC1. The van der Waals surface area contributed by atoms with Crippen molar-refractivity contribution >= 4 is 16.8 Å². The first kappa shape index (κ1) is 18.3. The zero-order chi connectivity index (χ0) is 18.8. The number of halogens is 1. The largest absolute Gasteiger partial charge is 0.347 e. The third-order valence-corrected chi connectivity index (χ3v) is 5.90. The molecule has 1 amide bonds. The number of likely N-dealkylation sites (tertiary alicyclic amines) is 2. The van der Waals surface area contributed by atoms with Crippen LogP contribution in [-0.2, 0) is 0 Å². The highest BCUT2D eigenvalue weighted by Gasteiger charge is 2.29. The lowest BCUT2D eigenvalue weighted by Gasteiger charge is -2.41. The number of piperidine rings is 2. The number of rotatable bonds is 3. The quantitative estimate of drug-likeness (QED) is 0.902. The van der Waals surface area contributed by atoms with Crippen molar-refractivity contribution in [3.05, 3.63) is 41.8 Å². The van der Waals surface area contributed by atoms with E-state index >= 15 is 0 Å². The van der Waals surface area contributed by atoms with Gasteiger partial charge >= 0.3 is 0 Å². The van der Waals surface area contributed by atoms with E-state index in [1.165, 1.54) is 18.9 Å². The number of nitrogens with one attached hydrogen (secondary N) is 1. The molecule has 6 heteroatoms. The Hall–Kier alpha value is -2.05. The highest BCUT2D eigenvalue weighted by atomic mass is 19.1. The Labute approximate surface area is 159 Å². The number of hydrogen-bond donors (Lipinski definition) is 1. The summed E-state index contributed by atoms with van der Waals surface area (Å²) in [6.07, 6.45) is 4.47. The maximum absolute atomic E-state index is 14.0. The second-order valence-electron chi connectivity index (χ2n) is 7.85. The normalized spacial score (nSPS) is 22.8. The van der Waals surface area contributed by atoms with Gasteiger partial charge in [-0.15, -0.1) is 0 Å². The standard InChI is InChI=1S/C21H27FN4O/c1-25-12-9-17(10-13-25)26-11-3-5-16(14-26)23-21(27)19-8-7-15-4-2-6-18(22)20(15)24-19/h2,4,6-8,16-17H,3,5,9-14H2,1H3,(H,23,27). The highest BCUT2D eigenvalue weighted by Crippen LogP contribution is 2.21. The average Bonchev–Trinajstić information content (AvgIpc) is 2.69. The van der Waals surface area contributed by atoms with Crippen LogP contribution in [0.4, 0.5) is 4.39 Å². The third kappa shape index (κ3) is 4.12. The van der Waals surface area contributed by atoms with Crippen LogP contribution in [0.15, 0.2) is 30.3 Å². The molecule has 1 atom stereocenters. The Morgan fingerprint density at radius 3 is 2.78 bits per heavy atom. The fraction of sp³-hybridized carbons (Fsp3) is 0.524. The fourth-order valence-electron chi connectivity index (χ4n) is 4.31. The summed E-state index contributed by atoms with van der Waals surface area (Å²) in [7, 11) is 2.18. The zero-order valence-corrected chi connectivity index (χ0v) is 15.8. The van der Waals surface area contributed by atoms with Gasteiger partial charge < -0.3 is 10.2 Å². The second-order valence-corrected chi connectivity index (χ2v) is 7.85. The zero-order valence-electron chi connectivity index (χ0n) is 15.8. The summed E-state index contributed by atoms with van der Waals surface area (Å²) in [5, 5.41) is 3.83. The number of pyridine rings is 1. The monoisotopic (exact) mass is 370 g/mol. The van der Waals surface area contributed by atoms with E-state index in [0.717, 1.165) is 39.0 Å². The number of carbonyl (C=O) groups is 1. The van der Waals surface area contributed by atoms with Crippen LogP contribution in [0.3, 0.4) is 0 Å². The van der Waals surface area contributed by atoms with Gasteiger partial charge in [-0.25, -0.2) is 9.37 Å². The first-order chi connectivity index (χ1) is 13.1. The van der Waals surface area contributed by atoms with Gasteiger partial charge in [0, 0.05) is 24.0 Å². The molecule has 4 rings (SSSR count). The van der Waals surface area contributed by atoms with E-state index in [0.29, 0.717) is 11.4 Å². The van der Waals surface area contributed by atoms with Gasteiger partial charge in [0.25, 0.3) is 5.91 Å². The van der Waals surface area contributed by atoms with Crippen LogP contribution < -0.4 is 5.32 Å². The van der Waals surface area contributed by atoms with Crippen molar-refractivity contribution in [2.24, 2.45) is 0 Å². The number of para-hydroxylation sites is 1. The summed E-state index contributed by atoms with van der Waals surface area (Å²) in [4.78, 5) is 21.8. The van der Waals surface area contributed by atoms with Crippen LogP contribution in [0.1, 0.15) is 36.2 Å². The molecule has 1 aromatic carbocycles. The van der Waals surface area contributed by atoms with Gasteiger partial charge in [-0.3, -0.25) is 9.69 Å². The van der Waals surface area contributed by atoms with Crippen LogP contribution in [0.25, 0.3) is 10.9 Å². The van der Waals surface area contributed by atoms with E-state index in [4.69, 9.17) is 0 Å². The Morgan fingerprint density at radius 1 is 1.15 bits per heavy atom. The van der Waals surface area contributed by atoms with Gasteiger partial charge in [-0.1, -0.05) is 18.2 Å². The lowest BCUT2D eigenvalue weighted by atomic mass is 9.98. The maximum atomic E-state index is 14.0. The predicted molar refractivity (Wildman–Crippen MR) is 104 cm³/mol. The van der Waals surface area contributed by atoms with E-state index in [1.807, 2.05) is 0 Å². The molecule has 2 aliphatic rings. The van der Waals surface area contributed by atoms with E-state index in [-0.39, 0.29) is 23.2 Å². The molecule has 1 N–H and O–H groups in total. The molecule has 3 heterocycles. The van der Waals surface area contributed by atoms with Gasteiger partial charge in [0.15, 0.2) is 0 Å². The minimum absolute atomic E-state index is 0.129. The van der Waals surface area contributed by atoms with Crippen LogP contribution in [0, 0.1) is 5.82 Å². The number of fused-ring (bicyclic) bond motifs is 1. The number of carbonyl (C=O) groups excluding carboxylic acids is 1. The Bertz CT molecular complexity index is 819. The van der Waals surface area contributed by atoms with Crippen molar-refractivity contribution in [1.29, 1.82) is 0 Å². The van der Waals surface area contributed by atoms with Crippen LogP contribution in [0.5, 0.6) is 0 Å². The Morgan fingerprint density at radius 2 is 1.96 bits per heavy atom. The molecule has 0 aliphatic carbocycles. The van der Waals surface area contributed by atoms with E-state index in [1.54, 1.807) is 24.3 Å². The molecule has 144 valence electrons. The van der Waals surface area contributed by atoms with Crippen molar-refractivity contribution in [2.75, 3.05) is 33.2 Å². The smallest absolute Gasteiger partial charge is 0.270 e. The first-order valence-corrected chi connectivity index (χ1v) is 9.89. The van der Waals surface area contributed by atoms with Crippen molar-refractivity contribution in [1.82, 2.24) is 20.1 Å². The summed E-state index contributed by atoms with van der Waals surface area (Å²) < 4.78 is 14.0. The summed E-state index contributed by atoms with van der Waals surface area (Å²) in [6.45, 7) is 4.29. The van der Waals surface area contributed by atoms with E-state index < -0.39 is 5.82 Å². The molecule has 0 spiro atoms. The molecule has 2 aliphatic heterocycles. The molecule has 2 saturated heterocycles. The van der Waals surface area contributed by atoms with Gasteiger partial charge in [0.1, 0.15) is 17.0 Å². The van der Waals surface area contributed by atoms with Crippen LogP contribution in [0.2, 0.25) is 0 Å². The number of aromatic nitrogens is 1. The van der Waals surface area contributed by atoms with Gasteiger partial charge in [-0.2, -0.15) is 0 Å². The maximum Gasteiger partial charge on any atom is 0.270 e. The summed E-state index contributed by atoms with van der Waals surface area (Å²) in [6, 6.07) is 9.00. The molecule has 1 aromatic heterocycles. The molecule has 0 radical (unpaired) electrons. The number of hydrogen-bond acceptors (Lipinski definition) is 4. The summed E-state index contributed by atoms with van der Waals surface area (Å²) in [5.74, 6) is -0.608. The van der Waals surface area contributed by atoms with E-state index in [2.05, 4.69) is 27.1 Å². The van der Waals surface area contributed by atoms with Crippen molar-refractivity contribution in [3.63, 3.8) is 0 Å². The summed E-state index contributed by atoms with van der Waals surface area (Å²) in [5.41, 5.74) is 0.533. The lowest BCUT2D eigenvalue weighted by molar-refractivity contribution is 0.0763. The van der Waals surface area contributed by atoms with Gasteiger partial charge in [0.05, 0.1) is 0 Å². The van der Waals surface area contributed by atoms with Gasteiger partial charge in [-0.05, 0) is 64.5 Å². The molecule has 1 unspecified atom stereocenters. The van der Waals surface area contributed by atoms with Crippen molar-refractivity contribution in [3.8, 4) is 0 Å². The lowest BCUT2D eigenvalue weighted by Crippen LogP contribution is -2.53. The molecule has 2 fully saturated rings. The third-order valence-electron chi connectivity index (χ3n) is 5.90. The molecule has 2 aromatic rings. The van der Waals surface area contributed by atoms with Crippen molar-refractivity contribution in [2.45, 2.75) is 37.8 Å². The molecular weight excluding hydrogens is 343 g/mol. The van der Waals surface area contributed by atoms with Gasteiger partial charge in [0.2, 0.25) is 0 Å². The molecular formula is C21H27FN4O. The van der Waals surface area contributed by atoms with Crippen LogP contribution in [-0.4, -0.2) is 66.0 Å². The highest BCUT2D eigenvalue weighted by molar-refractivity contribution is 5.95. The number of benzene rings is 1. The first-order valence-electron chi connectivity index (χ1n) is 9.89. The topological polar surface area (TPSA) is 48.5 Å². The molecule has 5 nitrogen and oxygen atoms in total. The summed E-state index contributed by atoms with van der Waals surface area (Å²) >= 11 is 0. The van der Waals surface area contributed by atoms with Crippen LogP contribution >= 0.6 is 0 Å². The number of nitrogens with zero attached hydrogens (tertiary/aromatic N) is 3. The molecule has 27 heavy (non-hydrogen) atoms. The minimum atomic E-state index is -0.395. The number of amides is 1. The average molecular weight is 370 g/mol. The molecule has 0 bridgehead atoms. The fourth-order valence-corrected chi connectivity index (χ4v) is 4.31. The second kappa shape index (κ2) is 7.90. The Balaban J connectivity index is 1.41. The van der Waals surface area contributed by atoms with E-state index in [9.17, 15) is 9.18 Å². The predicted octanol–water partition coefficient (Wildman–Crippen LogP) is 2.66.